The quantitative estimate of drug-likeness (QED) is 0.846. The molecule has 0 unspecified atom stereocenters. The molecular formula is C16H20Cl2N2O2. The van der Waals surface area contributed by atoms with Gasteiger partial charge >= 0.3 is 0 Å². The maximum Gasteiger partial charge on any atom is 0.254 e. The third-order valence-electron chi connectivity index (χ3n) is 4.64. The van der Waals surface area contributed by atoms with Gasteiger partial charge in [0.2, 0.25) is 0 Å². The molecule has 1 aromatic rings. The van der Waals surface area contributed by atoms with E-state index in [0.717, 1.165) is 39.0 Å². The number of halogens is 2. The van der Waals surface area contributed by atoms with Gasteiger partial charge in [0.1, 0.15) is 0 Å². The van der Waals surface area contributed by atoms with Gasteiger partial charge in [-0.15, -0.1) is 0 Å². The highest BCUT2D eigenvalue weighted by Crippen LogP contribution is 2.26. The molecule has 1 aromatic carbocycles. The zero-order valence-corrected chi connectivity index (χ0v) is 14.1. The minimum Gasteiger partial charge on any atom is -0.381 e. The summed E-state index contributed by atoms with van der Waals surface area (Å²) in [6.07, 6.45) is 2.55. The molecule has 4 nitrogen and oxygen atoms in total. The maximum atomic E-state index is 12.4. The van der Waals surface area contributed by atoms with Gasteiger partial charge in [-0.05, 0) is 31.0 Å². The van der Waals surface area contributed by atoms with Crippen molar-refractivity contribution in [3.8, 4) is 0 Å². The number of amides is 1. The van der Waals surface area contributed by atoms with Crippen molar-refractivity contribution in [2.24, 2.45) is 0 Å². The molecule has 2 saturated heterocycles. The average molecular weight is 343 g/mol. The first-order valence-corrected chi connectivity index (χ1v) is 8.35. The van der Waals surface area contributed by atoms with Gasteiger partial charge in [-0.1, -0.05) is 23.2 Å². The van der Waals surface area contributed by atoms with Crippen LogP contribution in [0.25, 0.3) is 0 Å². The standard InChI is InChI=1S/C16H20Cl2N2O2/c1-22-13-4-6-19(7-5-13)12-9-20(10-12)16(21)11-2-3-14(17)15(18)8-11/h2-3,8,12-13H,4-7,9-10H2,1H3. The van der Waals surface area contributed by atoms with E-state index in [2.05, 4.69) is 4.90 Å². The van der Waals surface area contributed by atoms with Gasteiger partial charge < -0.3 is 9.64 Å². The Morgan fingerprint density at radius 1 is 1.18 bits per heavy atom. The summed E-state index contributed by atoms with van der Waals surface area (Å²) >= 11 is 11.9. The Hall–Kier alpha value is -0.810. The van der Waals surface area contributed by atoms with E-state index in [1.54, 1.807) is 25.3 Å². The minimum absolute atomic E-state index is 0.0293. The highest BCUT2D eigenvalue weighted by molar-refractivity contribution is 6.42. The molecule has 22 heavy (non-hydrogen) atoms. The molecule has 0 aromatic heterocycles. The van der Waals surface area contributed by atoms with E-state index in [0.29, 0.717) is 27.8 Å². The smallest absolute Gasteiger partial charge is 0.254 e. The lowest BCUT2D eigenvalue weighted by atomic mass is 10.00. The summed E-state index contributed by atoms with van der Waals surface area (Å²) in [5, 5.41) is 0.895. The van der Waals surface area contributed by atoms with E-state index in [-0.39, 0.29) is 5.91 Å². The molecule has 2 heterocycles. The summed E-state index contributed by atoms with van der Waals surface area (Å²) in [6.45, 7) is 3.68. The van der Waals surface area contributed by atoms with E-state index in [9.17, 15) is 4.79 Å². The van der Waals surface area contributed by atoms with E-state index < -0.39 is 0 Å². The molecule has 3 rings (SSSR count). The van der Waals surface area contributed by atoms with Gasteiger partial charge in [0, 0.05) is 44.9 Å². The largest absolute Gasteiger partial charge is 0.381 e. The van der Waals surface area contributed by atoms with E-state index >= 15 is 0 Å². The van der Waals surface area contributed by atoms with Crippen molar-refractivity contribution in [1.29, 1.82) is 0 Å². The number of piperidine rings is 1. The lowest BCUT2D eigenvalue weighted by Crippen LogP contribution is -2.62. The highest BCUT2D eigenvalue weighted by atomic mass is 35.5. The van der Waals surface area contributed by atoms with Crippen LogP contribution in [0.5, 0.6) is 0 Å². The van der Waals surface area contributed by atoms with Gasteiger partial charge in [0.15, 0.2) is 0 Å². The summed E-state index contributed by atoms with van der Waals surface area (Å²) < 4.78 is 5.39. The minimum atomic E-state index is 0.0293. The van der Waals surface area contributed by atoms with Crippen LogP contribution in [-0.4, -0.2) is 61.1 Å². The summed E-state index contributed by atoms with van der Waals surface area (Å²) in [6, 6.07) is 5.52. The second-order valence-electron chi connectivity index (χ2n) is 5.96. The Labute approximate surface area is 140 Å². The van der Waals surface area contributed by atoms with Gasteiger partial charge in [-0.25, -0.2) is 0 Å². The van der Waals surface area contributed by atoms with Crippen molar-refractivity contribution >= 4 is 29.1 Å². The topological polar surface area (TPSA) is 32.8 Å². The number of carbonyl (C=O) groups excluding carboxylic acids is 1. The van der Waals surface area contributed by atoms with Crippen LogP contribution in [0.2, 0.25) is 10.0 Å². The zero-order chi connectivity index (χ0) is 15.7. The fraction of sp³-hybridized carbons (Fsp3) is 0.562. The Kier molecular flexibility index (Phi) is 4.93. The Balaban J connectivity index is 1.52. The summed E-state index contributed by atoms with van der Waals surface area (Å²) in [5.74, 6) is 0.0293. The molecule has 0 radical (unpaired) electrons. The van der Waals surface area contributed by atoms with Crippen molar-refractivity contribution in [2.45, 2.75) is 25.0 Å². The van der Waals surface area contributed by atoms with Crippen LogP contribution in [-0.2, 0) is 4.74 Å². The molecule has 0 spiro atoms. The molecule has 0 aliphatic carbocycles. The third-order valence-corrected chi connectivity index (χ3v) is 5.38. The summed E-state index contributed by atoms with van der Waals surface area (Å²) in [4.78, 5) is 16.7. The van der Waals surface area contributed by atoms with Gasteiger partial charge in [-0.2, -0.15) is 0 Å². The zero-order valence-electron chi connectivity index (χ0n) is 12.6. The molecular weight excluding hydrogens is 323 g/mol. The van der Waals surface area contributed by atoms with Crippen molar-refractivity contribution in [1.82, 2.24) is 9.80 Å². The van der Waals surface area contributed by atoms with Crippen LogP contribution in [0.15, 0.2) is 18.2 Å². The number of benzene rings is 1. The predicted molar refractivity (Wildman–Crippen MR) is 87.8 cm³/mol. The van der Waals surface area contributed by atoms with Crippen molar-refractivity contribution in [3.05, 3.63) is 33.8 Å². The van der Waals surface area contributed by atoms with E-state index in [4.69, 9.17) is 27.9 Å². The van der Waals surface area contributed by atoms with Crippen LogP contribution in [0.1, 0.15) is 23.2 Å². The molecule has 120 valence electrons. The lowest BCUT2D eigenvalue weighted by Gasteiger charge is -2.47. The summed E-state index contributed by atoms with van der Waals surface area (Å²) in [7, 11) is 1.78. The highest BCUT2D eigenvalue weighted by Gasteiger charge is 2.36. The molecule has 0 saturated carbocycles. The Bertz CT molecular complexity index is 553. The monoisotopic (exact) mass is 342 g/mol. The van der Waals surface area contributed by atoms with Crippen LogP contribution in [0, 0.1) is 0 Å². The molecule has 1 amide bonds. The van der Waals surface area contributed by atoms with Gasteiger partial charge in [0.05, 0.1) is 16.1 Å². The number of nitrogens with zero attached hydrogens (tertiary/aromatic N) is 2. The second kappa shape index (κ2) is 6.75. The molecule has 2 aliphatic heterocycles. The number of hydrogen-bond acceptors (Lipinski definition) is 3. The number of carbonyl (C=O) groups is 1. The normalized spacial score (nSPS) is 21.0. The number of rotatable bonds is 3. The average Bonchev–Trinajstić information content (AvgIpc) is 2.49. The molecule has 0 N–H and O–H groups in total. The SMILES string of the molecule is COC1CCN(C2CN(C(=O)c3ccc(Cl)c(Cl)c3)C2)CC1. The number of methoxy groups -OCH3 is 1. The predicted octanol–water partition coefficient (Wildman–Crippen LogP) is 2.93. The van der Waals surface area contributed by atoms with Crippen LogP contribution in [0.4, 0.5) is 0 Å². The molecule has 2 fully saturated rings. The summed E-state index contributed by atoms with van der Waals surface area (Å²) in [5.41, 5.74) is 0.603. The molecule has 6 heteroatoms. The van der Waals surface area contributed by atoms with E-state index in [1.807, 2.05) is 4.90 Å². The van der Waals surface area contributed by atoms with Crippen molar-refractivity contribution in [3.63, 3.8) is 0 Å². The van der Waals surface area contributed by atoms with Gasteiger partial charge in [0.25, 0.3) is 5.91 Å². The lowest BCUT2D eigenvalue weighted by molar-refractivity contribution is -0.0119. The first kappa shape index (κ1) is 16.1. The van der Waals surface area contributed by atoms with Crippen molar-refractivity contribution < 1.29 is 9.53 Å². The third kappa shape index (κ3) is 3.25. The maximum absolute atomic E-state index is 12.4. The van der Waals surface area contributed by atoms with Crippen LogP contribution < -0.4 is 0 Å². The van der Waals surface area contributed by atoms with Gasteiger partial charge in [-0.3, -0.25) is 9.69 Å². The second-order valence-corrected chi connectivity index (χ2v) is 6.78. The fourth-order valence-corrected chi connectivity index (χ4v) is 3.44. The molecule has 2 aliphatic rings. The first-order chi connectivity index (χ1) is 10.6. The number of hydrogen-bond donors (Lipinski definition) is 0. The number of likely N-dealkylation sites (tertiary alicyclic amines) is 2. The van der Waals surface area contributed by atoms with E-state index in [1.165, 1.54) is 0 Å². The van der Waals surface area contributed by atoms with Crippen molar-refractivity contribution in [2.75, 3.05) is 33.3 Å². The Morgan fingerprint density at radius 2 is 1.86 bits per heavy atom. The fourth-order valence-electron chi connectivity index (χ4n) is 3.14. The van der Waals surface area contributed by atoms with Crippen LogP contribution >= 0.6 is 23.2 Å². The van der Waals surface area contributed by atoms with Crippen LogP contribution in [0.3, 0.4) is 0 Å². The molecule has 0 bridgehead atoms. The first-order valence-electron chi connectivity index (χ1n) is 7.59. The number of ether oxygens (including phenoxy) is 1. The molecule has 0 atom stereocenters. The Morgan fingerprint density at radius 3 is 2.45 bits per heavy atom.